The molecule has 4 rings (SSSR count). The summed E-state index contributed by atoms with van der Waals surface area (Å²) < 4.78 is 0. The number of fused-ring (bicyclic) bond motifs is 1. The summed E-state index contributed by atoms with van der Waals surface area (Å²) in [5.41, 5.74) is 0.463. The molecule has 2 aliphatic heterocycles. The van der Waals surface area contributed by atoms with Crippen molar-refractivity contribution in [2.75, 3.05) is 31.1 Å². The topological polar surface area (TPSA) is 82.1 Å². The van der Waals surface area contributed by atoms with Gasteiger partial charge in [0.15, 0.2) is 5.92 Å². The van der Waals surface area contributed by atoms with Gasteiger partial charge in [0.1, 0.15) is 0 Å². The number of rotatable bonds is 5. The number of amides is 4. The molecule has 7 heteroatoms. The lowest BCUT2D eigenvalue weighted by Gasteiger charge is -2.29. The Morgan fingerprint density at radius 1 is 1.00 bits per heavy atom. The van der Waals surface area contributed by atoms with Crippen molar-refractivity contribution in [2.45, 2.75) is 19.3 Å². The number of likely N-dealkylation sites (tertiary alicyclic amines) is 1. The van der Waals surface area contributed by atoms with Crippen molar-refractivity contribution >= 4 is 40.5 Å². The van der Waals surface area contributed by atoms with E-state index in [0.29, 0.717) is 12.2 Å². The molecule has 2 aromatic carbocycles. The van der Waals surface area contributed by atoms with Gasteiger partial charge in [-0.3, -0.25) is 19.9 Å². The van der Waals surface area contributed by atoms with E-state index in [9.17, 15) is 14.4 Å². The van der Waals surface area contributed by atoms with Crippen molar-refractivity contribution in [3.63, 3.8) is 0 Å². The van der Waals surface area contributed by atoms with Crippen LogP contribution in [0.1, 0.15) is 19.3 Å². The first-order chi connectivity index (χ1) is 14.1. The van der Waals surface area contributed by atoms with Crippen molar-refractivity contribution < 1.29 is 14.4 Å². The van der Waals surface area contributed by atoms with E-state index in [1.165, 1.54) is 25.5 Å². The fourth-order valence-corrected chi connectivity index (χ4v) is 3.92. The molecule has 2 aliphatic rings. The molecule has 7 nitrogen and oxygen atoms in total. The van der Waals surface area contributed by atoms with E-state index in [1.54, 1.807) is 12.1 Å². The highest BCUT2D eigenvalue weighted by Crippen LogP contribution is 2.29. The average Bonchev–Trinajstić information content (AvgIpc) is 2.74. The van der Waals surface area contributed by atoms with Gasteiger partial charge in [-0.2, -0.15) is 0 Å². The lowest BCUT2D eigenvalue weighted by Crippen LogP contribution is -2.58. The third kappa shape index (κ3) is 4.05. The Morgan fingerprint density at radius 2 is 1.76 bits per heavy atom. The molecule has 0 unspecified atom stereocenters. The second-order valence-corrected chi connectivity index (χ2v) is 7.40. The van der Waals surface area contributed by atoms with Crippen LogP contribution < -0.4 is 10.2 Å². The lowest BCUT2D eigenvalue weighted by molar-refractivity contribution is -0.131. The summed E-state index contributed by atoms with van der Waals surface area (Å²) in [6.45, 7) is 3.48. The van der Waals surface area contributed by atoms with Crippen LogP contribution in [0.15, 0.2) is 47.5 Å². The highest BCUT2D eigenvalue weighted by molar-refractivity contribution is 6.33. The molecule has 0 bridgehead atoms. The largest absolute Gasteiger partial charge is 0.335 e. The van der Waals surface area contributed by atoms with Crippen molar-refractivity contribution in [3.05, 3.63) is 42.5 Å². The highest BCUT2D eigenvalue weighted by atomic mass is 16.2. The molecule has 1 atom stereocenters. The standard InChI is InChI=1S/C22H24N4O3/c27-20-18(15-23-11-14-25-12-4-1-5-13-25)21(28)26(22(29)24-20)19-10-6-8-16-7-2-3-9-17(16)19/h2-3,6-10,15,18H,1,4-5,11-14H2,(H,24,27,29)/t18-/m1/s1. The molecule has 0 radical (unpaired) electrons. The van der Waals surface area contributed by atoms with Gasteiger partial charge in [0.2, 0.25) is 5.91 Å². The monoisotopic (exact) mass is 392 g/mol. The van der Waals surface area contributed by atoms with Gasteiger partial charge in [-0.25, -0.2) is 9.69 Å². The number of imide groups is 2. The molecule has 2 fully saturated rings. The van der Waals surface area contributed by atoms with E-state index in [2.05, 4.69) is 15.2 Å². The predicted octanol–water partition coefficient (Wildman–Crippen LogP) is 2.60. The Bertz CT molecular complexity index is 960. The molecule has 2 aromatic rings. The fourth-order valence-electron chi connectivity index (χ4n) is 3.92. The van der Waals surface area contributed by atoms with Crippen LogP contribution in [0, 0.1) is 5.92 Å². The van der Waals surface area contributed by atoms with Crippen molar-refractivity contribution in [1.82, 2.24) is 10.2 Å². The summed E-state index contributed by atoms with van der Waals surface area (Å²) >= 11 is 0. The van der Waals surface area contributed by atoms with Crippen molar-refractivity contribution in [3.8, 4) is 0 Å². The van der Waals surface area contributed by atoms with Gasteiger partial charge < -0.3 is 4.90 Å². The average molecular weight is 392 g/mol. The maximum absolute atomic E-state index is 13.0. The Balaban J connectivity index is 1.52. The number of aliphatic imine (C=N–C) groups is 1. The molecule has 1 N–H and O–H groups in total. The predicted molar refractivity (Wildman–Crippen MR) is 112 cm³/mol. The summed E-state index contributed by atoms with van der Waals surface area (Å²) in [5, 5.41) is 3.97. The van der Waals surface area contributed by atoms with Crippen LogP contribution in [0.25, 0.3) is 10.8 Å². The molecular formula is C22H24N4O3. The Labute approximate surface area is 169 Å². The highest BCUT2D eigenvalue weighted by Gasteiger charge is 2.40. The van der Waals surface area contributed by atoms with Crippen LogP contribution in [0.3, 0.4) is 0 Å². The third-order valence-corrected chi connectivity index (χ3v) is 5.46. The molecule has 150 valence electrons. The van der Waals surface area contributed by atoms with Crippen molar-refractivity contribution in [1.29, 1.82) is 0 Å². The molecule has 2 saturated heterocycles. The fraction of sp³-hybridized carbons (Fsp3) is 0.364. The lowest BCUT2D eigenvalue weighted by atomic mass is 10.0. The minimum atomic E-state index is -1.10. The number of piperidine rings is 1. The maximum atomic E-state index is 13.0. The van der Waals surface area contributed by atoms with Crippen LogP contribution in [-0.2, 0) is 9.59 Å². The second-order valence-electron chi connectivity index (χ2n) is 7.40. The Morgan fingerprint density at radius 3 is 2.59 bits per heavy atom. The quantitative estimate of drug-likeness (QED) is 0.626. The van der Waals surface area contributed by atoms with Gasteiger partial charge in [0.05, 0.1) is 12.2 Å². The zero-order valence-corrected chi connectivity index (χ0v) is 16.2. The first kappa shape index (κ1) is 19.3. The smallest absolute Gasteiger partial charge is 0.302 e. The van der Waals surface area contributed by atoms with Crippen LogP contribution >= 0.6 is 0 Å². The summed E-state index contributed by atoms with van der Waals surface area (Å²) in [5.74, 6) is -2.30. The normalized spacial score (nSPS) is 21.2. The van der Waals surface area contributed by atoms with Crippen molar-refractivity contribution in [2.24, 2.45) is 10.9 Å². The zero-order chi connectivity index (χ0) is 20.2. The van der Waals surface area contributed by atoms with Gasteiger partial charge >= 0.3 is 6.03 Å². The molecule has 0 saturated carbocycles. The number of hydrogen-bond donors (Lipinski definition) is 1. The molecule has 4 amide bonds. The van der Waals surface area contributed by atoms with Crippen LogP contribution in [0.5, 0.6) is 0 Å². The van der Waals surface area contributed by atoms with E-state index in [-0.39, 0.29) is 0 Å². The van der Waals surface area contributed by atoms with Crippen LogP contribution in [0.4, 0.5) is 10.5 Å². The Kier molecular flexibility index (Phi) is 5.67. The second kappa shape index (κ2) is 8.53. The summed E-state index contributed by atoms with van der Waals surface area (Å²) in [6.07, 6.45) is 5.06. The number of nitrogens with one attached hydrogen (secondary N) is 1. The van der Waals surface area contributed by atoms with Crippen LogP contribution in [0.2, 0.25) is 0 Å². The summed E-state index contributed by atoms with van der Waals surface area (Å²) in [4.78, 5) is 45.5. The van der Waals surface area contributed by atoms with E-state index < -0.39 is 23.8 Å². The number of nitrogens with zero attached hydrogens (tertiary/aromatic N) is 3. The SMILES string of the molecule is O=C1NC(=O)N(c2cccc3ccccc23)C(=O)[C@@H]1C=NCCN1CCCCC1. The number of barbiturate groups is 1. The van der Waals surface area contributed by atoms with Crippen LogP contribution in [-0.4, -0.2) is 55.1 Å². The number of carbonyl (C=O) groups is 3. The zero-order valence-electron chi connectivity index (χ0n) is 16.2. The number of carbonyl (C=O) groups excluding carboxylic acids is 3. The van der Waals surface area contributed by atoms with E-state index in [0.717, 1.165) is 35.3 Å². The Hall–Kier alpha value is -3.06. The van der Waals surface area contributed by atoms with Gasteiger partial charge in [0.25, 0.3) is 5.91 Å². The summed E-state index contributed by atoms with van der Waals surface area (Å²) in [6, 6.07) is 12.2. The molecule has 0 spiro atoms. The van der Waals surface area contributed by atoms with E-state index in [1.807, 2.05) is 30.3 Å². The van der Waals surface area contributed by atoms with Gasteiger partial charge in [-0.1, -0.05) is 42.8 Å². The molecular weight excluding hydrogens is 368 g/mol. The van der Waals surface area contributed by atoms with E-state index in [4.69, 9.17) is 0 Å². The number of benzene rings is 2. The van der Waals surface area contributed by atoms with E-state index >= 15 is 0 Å². The maximum Gasteiger partial charge on any atom is 0.335 e. The molecule has 29 heavy (non-hydrogen) atoms. The molecule has 0 aliphatic carbocycles. The summed E-state index contributed by atoms with van der Waals surface area (Å²) in [7, 11) is 0. The number of urea groups is 1. The van der Waals surface area contributed by atoms with Gasteiger partial charge in [0, 0.05) is 18.1 Å². The number of hydrogen-bond acceptors (Lipinski definition) is 5. The molecule has 2 heterocycles. The van der Waals surface area contributed by atoms with Gasteiger partial charge in [-0.15, -0.1) is 0 Å². The third-order valence-electron chi connectivity index (χ3n) is 5.46. The minimum Gasteiger partial charge on any atom is -0.302 e. The first-order valence-electron chi connectivity index (χ1n) is 10.0. The first-order valence-corrected chi connectivity index (χ1v) is 10.0. The minimum absolute atomic E-state index is 0.463. The van der Waals surface area contributed by atoms with Gasteiger partial charge in [-0.05, 0) is 37.4 Å². The number of anilines is 1. The molecule has 0 aromatic heterocycles.